The second-order valence-corrected chi connectivity index (χ2v) is 8.66. The molecule has 5 rings (SSSR count). The summed E-state index contributed by atoms with van der Waals surface area (Å²) < 4.78 is 0. The van der Waals surface area contributed by atoms with Crippen molar-refractivity contribution in [3.8, 4) is 12.3 Å². The molecular weight excluding hydrogens is 406 g/mol. The van der Waals surface area contributed by atoms with Crippen molar-refractivity contribution >= 4 is 29.7 Å². The first-order valence-electron chi connectivity index (χ1n) is 10.9. The van der Waals surface area contributed by atoms with Crippen molar-refractivity contribution in [2.45, 2.75) is 25.4 Å². The van der Waals surface area contributed by atoms with Gasteiger partial charge in [-0.1, -0.05) is 37.3 Å². The van der Waals surface area contributed by atoms with E-state index in [-0.39, 0.29) is 14.4 Å². The van der Waals surface area contributed by atoms with E-state index < -0.39 is 0 Å². The Morgan fingerprint density at radius 3 is 2.79 bits per heavy atom. The summed E-state index contributed by atoms with van der Waals surface area (Å²) in [5, 5.41) is 8.34. The third kappa shape index (κ3) is 3.70. The molecule has 3 aromatic rings. The molecule has 5 heteroatoms. The Balaban J connectivity index is 0.00000171. The third-order valence-corrected chi connectivity index (χ3v) is 6.29. The fourth-order valence-corrected chi connectivity index (χ4v) is 4.25. The van der Waals surface area contributed by atoms with Crippen LogP contribution in [0.2, 0.25) is 0 Å². The number of hydrogen-bond acceptors (Lipinski definition) is 5. The molecule has 5 nitrogen and oxygen atoms in total. The first-order chi connectivity index (χ1) is 15.9. The van der Waals surface area contributed by atoms with Crippen LogP contribution in [0.4, 0.5) is 11.5 Å². The Kier molecular flexibility index (Phi) is 4.87. The van der Waals surface area contributed by atoms with Gasteiger partial charge in [0.2, 0.25) is 0 Å². The van der Waals surface area contributed by atoms with E-state index in [1.165, 1.54) is 11.1 Å². The predicted molar refractivity (Wildman–Crippen MR) is 139 cm³/mol. The smallest absolute Gasteiger partial charge is 0.145 e. The van der Waals surface area contributed by atoms with Gasteiger partial charge in [0.05, 0.1) is 28.5 Å². The van der Waals surface area contributed by atoms with Crippen LogP contribution >= 0.6 is 0 Å². The van der Waals surface area contributed by atoms with Gasteiger partial charge >= 0.3 is 0 Å². The van der Waals surface area contributed by atoms with Crippen LogP contribution in [-0.2, 0) is 5.54 Å². The molecule has 2 aromatic heterocycles. The van der Waals surface area contributed by atoms with E-state index in [4.69, 9.17) is 6.42 Å². The SMILES string of the molecule is C#C/C=c1/ncc(N[C@@H](C)c2cccc(NC3(c4cncc(C(=C)C)c4)C4=CC43)c2)nc1=C.[HH].[HH]. The zero-order chi connectivity index (χ0) is 23.2. The first-order valence-corrected chi connectivity index (χ1v) is 10.9. The van der Waals surface area contributed by atoms with E-state index in [0.717, 1.165) is 22.4 Å². The Bertz CT molecular complexity index is 1470. The van der Waals surface area contributed by atoms with Gasteiger partial charge in [-0.05, 0) is 54.3 Å². The number of allylic oxidation sites excluding steroid dienone is 1. The molecule has 2 heterocycles. The highest BCUT2D eigenvalue weighted by Gasteiger charge is 2.69. The molecule has 0 spiro atoms. The number of rotatable bonds is 7. The highest BCUT2D eigenvalue weighted by atomic mass is 15.1. The molecule has 2 aliphatic rings. The van der Waals surface area contributed by atoms with Crippen LogP contribution < -0.4 is 21.3 Å². The summed E-state index contributed by atoms with van der Waals surface area (Å²) >= 11 is 0. The largest absolute Gasteiger partial charge is 0.371 e. The molecule has 33 heavy (non-hydrogen) atoms. The Morgan fingerprint density at radius 1 is 1.30 bits per heavy atom. The summed E-state index contributed by atoms with van der Waals surface area (Å²) in [6, 6.07) is 10.7. The Labute approximate surface area is 196 Å². The fraction of sp³-hybridized carbons (Fsp3) is 0.179. The molecule has 0 saturated heterocycles. The van der Waals surface area contributed by atoms with E-state index in [1.54, 1.807) is 12.3 Å². The van der Waals surface area contributed by atoms with Crippen molar-refractivity contribution in [3.05, 3.63) is 94.5 Å². The monoisotopic (exact) mass is 435 g/mol. The lowest BCUT2D eigenvalue weighted by Gasteiger charge is -2.24. The second kappa shape index (κ2) is 7.75. The molecule has 1 fully saturated rings. The van der Waals surface area contributed by atoms with Crippen molar-refractivity contribution < 1.29 is 2.85 Å². The number of nitrogens with one attached hydrogen (secondary N) is 2. The summed E-state index contributed by atoms with van der Waals surface area (Å²) in [5.74, 6) is 3.60. The second-order valence-electron chi connectivity index (χ2n) is 8.66. The molecule has 0 aliphatic heterocycles. The van der Waals surface area contributed by atoms with Crippen LogP contribution in [0.15, 0.2) is 67.2 Å². The number of fused-ring (bicyclic) bond motifs is 1. The van der Waals surface area contributed by atoms with Gasteiger partial charge in [-0.15, -0.1) is 6.42 Å². The van der Waals surface area contributed by atoms with Crippen LogP contribution in [0.3, 0.4) is 0 Å². The highest BCUT2D eigenvalue weighted by molar-refractivity contribution is 5.75. The minimum Gasteiger partial charge on any atom is -0.371 e. The standard InChI is InChI=1S/C28H25N5.2H2/c1-6-8-26-19(5)32-27(16-30-26)31-18(4)20-9-7-10-23(12-20)33-28(24-13-25(24)28)22-11-21(17(2)3)14-29-15-22;;/h1,7-16,18,24,33H,2,5H2,3-4H3,(H,31,32);2*1H/b26-8+;;/t18-,24?,28?;;/m0../s1. The number of hydrogen-bond donors (Lipinski definition) is 2. The minimum atomic E-state index is -0.147. The normalized spacial score (nSPS) is 21.3. The van der Waals surface area contributed by atoms with E-state index in [0.29, 0.717) is 22.4 Å². The van der Waals surface area contributed by atoms with Crippen LogP contribution in [0, 0.1) is 18.3 Å². The molecule has 0 radical (unpaired) electrons. The number of pyridine rings is 1. The topological polar surface area (TPSA) is 62.7 Å². The van der Waals surface area contributed by atoms with Gasteiger partial charge in [0.15, 0.2) is 0 Å². The van der Waals surface area contributed by atoms with Gasteiger partial charge in [0.25, 0.3) is 0 Å². The lowest BCUT2D eigenvalue weighted by Crippen LogP contribution is -2.30. The number of terminal acetylenes is 1. The molecule has 2 aliphatic carbocycles. The summed E-state index contributed by atoms with van der Waals surface area (Å²) in [6.45, 7) is 12.1. The van der Waals surface area contributed by atoms with Crippen molar-refractivity contribution in [1.29, 1.82) is 0 Å². The zero-order valence-electron chi connectivity index (χ0n) is 18.8. The van der Waals surface area contributed by atoms with Crippen molar-refractivity contribution in [3.63, 3.8) is 0 Å². The predicted octanol–water partition coefficient (Wildman–Crippen LogP) is 4.27. The van der Waals surface area contributed by atoms with Crippen molar-refractivity contribution in [2.75, 3.05) is 10.6 Å². The summed E-state index contributed by atoms with van der Waals surface area (Å²) in [4.78, 5) is 13.3. The van der Waals surface area contributed by atoms with Gasteiger partial charge in [0, 0.05) is 38.5 Å². The summed E-state index contributed by atoms with van der Waals surface area (Å²) in [6.07, 6.45) is 14.7. The maximum absolute atomic E-state index is 5.32. The molecule has 2 N–H and O–H groups in total. The van der Waals surface area contributed by atoms with Gasteiger partial charge in [-0.2, -0.15) is 0 Å². The summed E-state index contributed by atoms with van der Waals surface area (Å²) in [7, 11) is 0. The Hall–Kier alpha value is -4.17. The van der Waals surface area contributed by atoms with Crippen LogP contribution in [0.5, 0.6) is 0 Å². The number of benzene rings is 1. The van der Waals surface area contributed by atoms with Crippen molar-refractivity contribution in [1.82, 2.24) is 15.0 Å². The fourth-order valence-electron chi connectivity index (χ4n) is 4.25. The number of anilines is 2. The molecule has 0 amide bonds. The first kappa shape index (κ1) is 20.7. The van der Waals surface area contributed by atoms with E-state index in [9.17, 15) is 0 Å². The maximum atomic E-state index is 5.32. The van der Waals surface area contributed by atoms with Gasteiger partial charge in [-0.25, -0.2) is 4.98 Å². The van der Waals surface area contributed by atoms with Gasteiger partial charge in [-0.3, -0.25) is 9.97 Å². The Morgan fingerprint density at radius 2 is 2.12 bits per heavy atom. The molecule has 2 unspecified atom stereocenters. The van der Waals surface area contributed by atoms with Crippen LogP contribution in [-0.4, -0.2) is 15.0 Å². The van der Waals surface area contributed by atoms with Gasteiger partial charge in [0.1, 0.15) is 5.82 Å². The average Bonchev–Trinajstić information content (AvgIpc) is 3.72. The molecule has 0 bridgehead atoms. The van der Waals surface area contributed by atoms with E-state index >= 15 is 0 Å². The third-order valence-electron chi connectivity index (χ3n) is 6.29. The van der Waals surface area contributed by atoms with Crippen LogP contribution in [0.25, 0.3) is 18.2 Å². The maximum Gasteiger partial charge on any atom is 0.145 e. The number of aromatic nitrogens is 3. The molecule has 166 valence electrons. The molecular formula is C28H29N5. The highest BCUT2D eigenvalue weighted by Crippen LogP contribution is 2.71. The van der Waals surface area contributed by atoms with Crippen molar-refractivity contribution in [2.24, 2.45) is 5.92 Å². The molecule has 3 atom stereocenters. The van der Waals surface area contributed by atoms with E-state index in [2.05, 4.69) is 88.0 Å². The zero-order valence-corrected chi connectivity index (χ0v) is 18.8. The number of nitrogens with zero attached hydrogens (tertiary/aromatic N) is 3. The minimum absolute atomic E-state index is 0. The van der Waals surface area contributed by atoms with E-state index in [1.807, 2.05) is 19.3 Å². The summed E-state index contributed by atoms with van der Waals surface area (Å²) in [5.41, 5.74) is 6.76. The van der Waals surface area contributed by atoms with Crippen LogP contribution in [0.1, 0.15) is 39.4 Å². The quantitative estimate of drug-likeness (QED) is 0.429. The van der Waals surface area contributed by atoms with Gasteiger partial charge < -0.3 is 10.6 Å². The molecule has 1 aromatic carbocycles. The molecule has 1 saturated carbocycles. The lowest BCUT2D eigenvalue weighted by molar-refractivity contribution is 0.740. The lowest BCUT2D eigenvalue weighted by atomic mass is 9.96. The average molecular weight is 436 g/mol.